The fraction of sp³-hybridized carbons (Fsp3) is 0.755. The van der Waals surface area contributed by atoms with Gasteiger partial charge in [-0.1, -0.05) is 166 Å². The number of hydrogen-bond donors (Lipinski definition) is 4. The average molecular weight is 815 g/mol. The number of aliphatic hydroxyl groups is 1. The van der Waals surface area contributed by atoms with Crippen molar-refractivity contribution in [2.45, 2.75) is 225 Å². The highest BCUT2D eigenvalue weighted by Crippen LogP contribution is 2.16. The Kier molecular flexibility index (Phi) is 41.0. The van der Waals surface area contributed by atoms with E-state index in [2.05, 4.69) is 73.1 Å². The van der Waals surface area contributed by atoms with Crippen molar-refractivity contribution in [3.63, 3.8) is 0 Å². The zero-order valence-corrected chi connectivity index (χ0v) is 37.0. The fourth-order valence-electron chi connectivity index (χ4n) is 6.64. The molecule has 2 atom stereocenters. The predicted octanol–water partition coefficient (Wildman–Crippen LogP) is 11.9. The minimum atomic E-state index is -1.38. The van der Waals surface area contributed by atoms with E-state index in [-0.39, 0.29) is 24.5 Å². The van der Waals surface area contributed by atoms with E-state index in [0.29, 0.717) is 19.3 Å². The van der Waals surface area contributed by atoms with Gasteiger partial charge in [0.25, 0.3) is 0 Å². The maximum Gasteiger partial charge on any atom is 0.328 e. The molecule has 0 aliphatic rings. The number of aliphatic hydroxyl groups excluding tert-OH is 1. The predicted molar refractivity (Wildman–Crippen MR) is 241 cm³/mol. The fourth-order valence-corrected chi connectivity index (χ4v) is 6.64. The van der Waals surface area contributed by atoms with Gasteiger partial charge in [-0.3, -0.25) is 14.4 Å². The van der Waals surface area contributed by atoms with Gasteiger partial charge in [-0.2, -0.15) is 0 Å². The Hall–Kier alpha value is -3.20. The standard InChI is InChI=1S/C49H86N2O7/c1-3-5-7-9-11-13-14-15-16-17-18-19-20-21-22-23-24-25-27-33-37-41-48(55)58-44(38-34-30-26-12-10-8-6-4-2)39-35-31-28-29-32-36-40-46(53)50-42-47(54)51-45(43-52)49(56)57/h12,14-15,17-18,26,34,38,44-45,52H,3-11,13,16,19-25,27-33,35-37,39-43H2,1-2H3,(H,50,53)(H,51,54)(H,56,57)/b15-14-,18-17-,26-12-,38-34-. The third kappa shape index (κ3) is 39.6. The number of ether oxygens (including phenoxy) is 1. The first-order chi connectivity index (χ1) is 28.3. The van der Waals surface area contributed by atoms with Crippen LogP contribution in [0.25, 0.3) is 0 Å². The molecule has 334 valence electrons. The Morgan fingerprint density at radius 1 is 0.534 bits per heavy atom. The zero-order chi connectivity index (χ0) is 42.6. The number of allylic oxidation sites excluding steroid dienone is 7. The van der Waals surface area contributed by atoms with Gasteiger partial charge in [0.1, 0.15) is 12.1 Å². The number of carboxylic acids is 1. The second-order valence-corrected chi connectivity index (χ2v) is 15.8. The van der Waals surface area contributed by atoms with Crippen LogP contribution in [0.15, 0.2) is 48.6 Å². The van der Waals surface area contributed by atoms with Crippen LogP contribution in [0, 0.1) is 0 Å². The van der Waals surface area contributed by atoms with Gasteiger partial charge in [0.15, 0.2) is 0 Å². The van der Waals surface area contributed by atoms with E-state index in [0.717, 1.165) is 70.6 Å². The summed E-state index contributed by atoms with van der Waals surface area (Å²) < 4.78 is 5.93. The van der Waals surface area contributed by atoms with Crippen molar-refractivity contribution in [1.29, 1.82) is 0 Å². The molecule has 0 heterocycles. The van der Waals surface area contributed by atoms with Gasteiger partial charge < -0.3 is 25.6 Å². The molecule has 0 aromatic heterocycles. The highest BCUT2D eigenvalue weighted by molar-refractivity contribution is 5.87. The molecule has 0 saturated heterocycles. The van der Waals surface area contributed by atoms with Crippen LogP contribution in [0.5, 0.6) is 0 Å². The SMILES string of the molecule is CCCCC/C=C\C/C=C\C(CCCCCCCCC(=O)NCC(=O)NC(CO)C(=O)O)OC(=O)CCCCCCCCCCC/C=C\C/C=C\CCCCCCC. The highest BCUT2D eigenvalue weighted by atomic mass is 16.5. The molecule has 0 bridgehead atoms. The average Bonchev–Trinajstić information content (AvgIpc) is 3.21. The number of rotatable bonds is 42. The van der Waals surface area contributed by atoms with Gasteiger partial charge in [0.2, 0.25) is 11.8 Å². The first-order valence-corrected chi connectivity index (χ1v) is 23.5. The quantitative estimate of drug-likeness (QED) is 0.0273. The van der Waals surface area contributed by atoms with E-state index in [1.807, 2.05) is 0 Å². The molecule has 0 saturated carbocycles. The zero-order valence-electron chi connectivity index (χ0n) is 37.0. The van der Waals surface area contributed by atoms with E-state index in [9.17, 15) is 19.2 Å². The van der Waals surface area contributed by atoms with Crippen molar-refractivity contribution in [1.82, 2.24) is 10.6 Å². The number of amides is 2. The molecule has 58 heavy (non-hydrogen) atoms. The summed E-state index contributed by atoms with van der Waals surface area (Å²) in [4.78, 5) is 47.5. The van der Waals surface area contributed by atoms with Crippen molar-refractivity contribution >= 4 is 23.8 Å². The Balaban J connectivity index is 4.17. The summed E-state index contributed by atoms with van der Waals surface area (Å²) in [5, 5.41) is 22.5. The molecule has 0 aliphatic heterocycles. The van der Waals surface area contributed by atoms with Gasteiger partial charge in [-0.15, -0.1) is 0 Å². The smallest absolute Gasteiger partial charge is 0.328 e. The lowest BCUT2D eigenvalue weighted by atomic mass is 10.0. The molecule has 0 aromatic rings. The van der Waals surface area contributed by atoms with Crippen LogP contribution >= 0.6 is 0 Å². The molecule has 2 amide bonds. The molecular formula is C49H86N2O7. The van der Waals surface area contributed by atoms with Crippen LogP contribution in [0.4, 0.5) is 0 Å². The monoisotopic (exact) mass is 815 g/mol. The Labute approximate surface area is 354 Å². The molecule has 0 aromatic carbocycles. The van der Waals surface area contributed by atoms with Gasteiger partial charge >= 0.3 is 11.9 Å². The van der Waals surface area contributed by atoms with Crippen molar-refractivity contribution in [2.75, 3.05) is 13.2 Å². The van der Waals surface area contributed by atoms with E-state index in [4.69, 9.17) is 14.9 Å². The van der Waals surface area contributed by atoms with Gasteiger partial charge in [-0.25, -0.2) is 4.79 Å². The molecule has 4 N–H and O–H groups in total. The Morgan fingerprint density at radius 2 is 0.983 bits per heavy atom. The lowest BCUT2D eigenvalue weighted by Crippen LogP contribution is -2.47. The van der Waals surface area contributed by atoms with E-state index < -0.39 is 24.5 Å². The molecule has 0 aliphatic carbocycles. The van der Waals surface area contributed by atoms with Crippen molar-refractivity contribution in [2.24, 2.45) is 0 Å². The third-order valence-electron chi connectivity index (χ3n) is 10.3. The van der Waals surface area contributed by atoms with E-state index in [1.165, 1.54) is 109 Å². The molecule has 0 spiro atoms. The Bertz CT molecular complexity index is 1120. The first kappa shape index (κ1) is 54.8. The first-order valence-electron chi connectivity index (χ1n) is 23.5. The summed E-state index contributed by atoms with van der Waals surface area (Å²) in [6.45, 7) is 3.44. The molecule has 0 radical (unpaired) electrons. The molecule has 2 unspecified atom stereocenters. The van der Waals surface area contributed by atoms with Crippen molar-refractivity contribution in [3.8, 4) is 0 Å². The highest BCUT2D eigenvalue weighted by Gasteiger charge is 2.18. The topological polar surface area (TPSA) is 142 Å². The van der Waals surface area contributed by atoms with Crippen LogP contribution in [0.2, 0.25) is 0 Å². The minimum absolute atomic E-state index is 0.0986. The maximum absolute atomic E-state index is 12.8. The van der Waals surface area contributed by atoms with Gasteiger partial charge in [0.05, 0.1) is 13.2 Å². The summed E-state index contributed by atoms with van der Waals surface area (Å²) in [7, 11) is 0. The van der Waals surface area contributed by atoms with Crippen LogP contribution in [0.3, 0.4) is 0 Å². The number of carbonyl (C=O) groups excluding carboxylic acids is 3. The van der Waals surface area contributed by atoms with Crippen LogP contribution in [-0.2, 0) is 23.9 Å². The normalized spacial score (nSPS) is 12.9. The van der Waals surface area contributed by atoms with Gasteiger partial charge in [0, 0.05) is 12.8 Å². The largest absolute Gasteiger partial charge is 0.480 e. The van der Waals surface area contributed by atoms with E-state index >= 15 is 0 Å². The second-order valence-electron chi connectivity index (χ2n) is 15.8. The molecule has 0 rings (SSSR count). The number of hydrogen-bond acceptors (Lipinski definition) is 6. The molecule has 0 fully saturated rings. The number of unbranched alkanes of at least 4 members (excludes halogenated alkanes) is 22. The summed E-state index contributed by atoms with van der Waals surface area (Å²) in [5.74, 6) is -2.35. The van der Waals surface area contributed by atoms with Gasteiger partial charge in [-0.05, 0) is 83.1 Å². The number of esters is 1. The summed E-state index contributed by atoms with van der Waals surface area (Å²) in [6, 6.07) is -1.38. The Morgan fingerprint density at radius 3 is 1.52 bits per heavy atom. The third-order valence-corrected chi connectivity index (χ3v) is 10.3. The number of aliphatic carboxylic acids is 1. The van der Waals surface area contributed by atoms with Crippen molar-refractivity contribution < 1.29 is 34.1 Å². The van der Waals surface area contributed by atoms with Crippen molar-refractivity contribution in [3.05, 3.63) is 48.6 Å². The lowest BCUT2D eigenvalue weighted by molar-refractivity contribution is -0.147. The van der Waals surface area contributed by atoms with Crippen LogP contribution < -0.4 is 10.6 Å². The lowest BCUT2D eigenvalue weighted by Gasteiger charge is -2.15. The number of nitrogens with one attached hydrogen (secondary N) is 2. The van der Waals surface area contributed by atoms with Crippen LogP contribution in [0.1, 0.15) is 213 Å². The summed E-state index contributed by atoms with van der Waals surface area (Å²) >= 11 is 0. The minimum Gasteiger partial charge on any atom is -0.480 e. The van der Waals surface area contributed by atoms with E-state index in [1.54, 1.807) is 0 Å². The maximum atomic E-state index is 12.8. The van der Waals surface area contributed by atoms with Crippen LogP contribution in [-0.4, -0.2) is 59.3 Å². The summed E-state index contributed by atoms with van der Waals surface area (Å²) in [6.07, 6.45) is 51.7. The molecule has 9 heteroatoms. The summed E-state index contributed by atoms with van der Waals surface area (Å²) in [5.41, 5.74) is 0. The molecule has 9 nitrogen and oxygen atoms in total. The molecular weight excluding hydrogens is 729 g/mol. The second kappa shape index (κ2) is 43.4. The number of carbonyl (C=O) groups is 4. The number of carboxylic acid groups (broad SMARTS) is 1.